The van der Waals surface area contributed by atoms with Gasteiger partial charge >= 0.3 is 5.97 Å². The van der Waals surface area contributed by atoms with Gasteiger partial charge in [-0.25, -0.2) is 4.79 Å². The Bertz CT molecular complexity index is 194. The third-order valence-corrected chi connectivity index (χ3v) is 1.33. The van der Waals surface area contributed by atoms with Gasteiger partial charge in [-0.1, -0.05) is 0 Å². The minimum absolute atomic E-state index is 0.0956. The van der Waals surface area contributed by atoms with E-state index in [1.165, 1.54) is 6.08 Å². The normalized spacial score (nSPS) is 23.5. The molecule has 1 atom stereocenters. The number of carbonyl (C=O) groups is 1. The van der Waals surface area contributed by atoms with Crippen LogP contribution in [0.4, 0.5) is 0 Å². The van der Waals surface area contributed by atoms with Crippen LogP contribution < -0.4 is 0 Å². The summed E-state index contributed by atoms with van der Waals surface area (Å²) in [4.78, 5) is 10.7. The van der Waals surface area contributed by atoms with Crippen molar-refractivity contribution in [2.24, 2.45) is 0 Å². The van der Waals surface area contributed by atoms with E-state index in [2.05, 4.69) is 0 Å². The molecule has 0 amide bonds. The van der Waals surface area contributed by atoms with Crippen LogP contribution in [-0.4, -0.2) is 18.2 Å². The standard InChI is InChI=1S/C8H12O3/c1-5(2)10-7-4-8(9)11-6(7)3/h4-6H,1-3H3/t6-/m0/s1. The molecule has 3 nitrogen and oxygen atoms in total. The van der Waals surface area contributed by atoms with Crippen molar-refractivity contribution in [1.82, 2.24) is 0 Å². The summed E-state index contributed by atoms with van der Waals surface area (Å²) in [5.74, 6) is 0.318. The molecule has 0 radical (unpaired) electrons. The quantitative estimate of drug-likeness (QED) is 0.564. The van der Waals surface area contributed by atoms with Gasteiger partial charge in [0, 0.05) is 0 Å². The van der Waals surface area contributed by atoms with Crippen LogP contribution in [-0.2, 0) is 14.3 Å². The summed E-state index contributed by atoms with van der Waals surface area (Å²) in [7, 11) is 0. The molecule has 0 aromatic carbocycles. The fraction of sp³-hybridized carbons (Fsp3) is 0.625. The summed E-state index contributed by atoms with van der Waals surface area (Å²) >= 11 is 0. The van der Waals surface area contributed by atoms with Gasteiger partial charge in [0.25, 0.3) is 0 Å². The minimum atomic E-state index is -0.312. The Hall–Kier alpha value is -0.990. The lowest BCUT2D eigenvalue weighted by Crippen LogP contribution is -2.11. The van der Waals surface area contributed by atoms with Crippen molar-refractivity contribution in [2.75, 3.05) is 0 Å². The second-order valence-corrected chi connectivity index (χ2v) is 2.79. The molecular formula is C8H12O3. The molecule has 1 heterocycles. The maximum Gasteiger partial charge on any atom is 0.335 e. The fourth-order valence-corrected chi connectivity index (χ4v) is 0.902. The monoisotopic (exact) mass is 156 g/mol. The molecule has 1 rings (SSSR count). The average Bonchev–Trinajstić information content (AvgIpc) is 2.09. The topological polar surface area (TPSA) is 35.5 Å². The Labute approximate surface area is 66.0 Å². The van der Waals surface area contributed by atoms with Crippen LogP contribution in [0, 0.1) is 0 Å². The highest BCUT2D eigenvalue weighted by Crippen LogP contribution is 2.17. The lowest BCUT2D eigenvalue weighted by molar-refractivity contribution is -0.138. The molecule has 0 aliphatic carbocycles. The molecular weight excluding hydrogens is 144 g/mol. The predicted octanol–water partition coefficient (Wildman–Crippen LogP) is 1.24. The Kier molecular flexibility index (Phi) is 2.17. The number of hydrogen-bond donors (Lipinski definition) is 0. The van der Waals surface area contributed by atoms with Crippen molar-refractivity contribution in [2.45, 2.75) is 33.0 Å². The molecule has 62 valence electrons. The van der Waals surface area contributed by atoms with E-state index in [0.29, 0.717) is 5.76 Å². The molecule has 0 saturated heterocycles. The van der Waals surface area contributed by atoms with E-state index in [9.17, 15) is 4.79 Å². The highest BCUT2D eigenvalue weighted by molar-refractivity contribution is 5.85. The van der Waals surface area contributed by atoms with Gasteiger partial charge in [0.15, 0.2) is 6.10 Å². The molecule has 1 aliphatic rings. The van der Waals surface area contributed by atoms with E-state index in [0.717, 1.165) is 0 Å². The number of cyclic esters (lactones) is 1. The molecule has 0 bridgehead atoms. The Balaban J connectivity index is 2.57. The highest BCUT2D eigenvalue weighted by Gasteiger charge is 2.23. The highest BCUT2D eigenvalue weighted by atomic mass is 16.6. The molecule has 0 saturated carbocycles. The van der Waals surface area contributed by atoms with Gasteiger partial charge in [0.05, 0.1) is 12.2 Å². The average molecular weight is 156 g/mol. The van der Waals surface area contributed by atoms with E-state index < -0.39 is 0 Å². The van der Waals surface area contributed by atoms with E-state index in [1.54, 1.807) is 6.92 Å². The van der Waals surface area contributed by atoms with Crippen LogP contribution >= 0.6 is 0 Å². The zero-order valence-corrected chi connectivity index (χ0v) is 6.96. The second kappa shape index (κ2) is 2.95. The SMILES string of the molecule is CC(C)OC1=CC(=O)O[C@H]1C. The van der Waals surface area contributed by atoms with Crippen molar-refractivity contribution in [3.63, 3.8) is 0 Å². The predicted molar refractivity (Wildman–Crippen MR) is 39.9 cm³/mol. The maximum absolute atomic E-state index is 10.7. The molecule has 0 fully saturated rings. The zero-order chi connectivity index (χ0) is 8.43. The number of ether oxygens (including phenoxy) is 2. The minimum Gasteiger partial charge on any atom is -0.491 e. The van der Waals surface area contributed by atoms with Gasteiger partial charge in [0.1, 0.15) is 5.76 Å². The maximum atomic E-state index is 10.7. The van der Waals surface area contributed by atoms with E-state index in [-0.39, 0.29) is 18.2 Å². The zero-order valence-electron chi connectivity index (χ0n) is 6.96. The molecule has 0 spiro atoms. The number of rotatable bonds is 2. The van der Waals surface area contributed by atoms with Gasteiger partial charge in [-0.05, 0) is 20.8 Å². The molecule has 0 aromatic heterocycles. The Morgan fingerprint density at radius 2 is 2.27 bits per heavy atom. The number of carbonyl (C=O) groups excluding carboxylic acids is 1. The first-order valence-corrected chi connectivity index (χ1v) is 3.68. The van der Waals surface area contributed by atoms with Crippen molar-refractivity contribution in [3.05, 3.63) is 11.8 Å². The second-order valence-electron chi connectivity index (χ2n) is 2.79. The van der Waals surface area contributed by atoms with Crippen molar-refractivity contribution < 1.29 is 14.3 Å². The first-order valence-electron chi connectivity index (χ1n) is 3.68. The van der Waals surface area contributed by atoms with E-state index in [1.807, 2.05) is 13.8 Å². The lowest BCUT2D eigenvalue weighted by atomic mass is 10.3. The van der Waals surface area contributed by atoms with Crippen LogP contribution in [0.2, 0.25) is 0 Å². The van der Waals surface area contributed by atoms with E-state index in [4.69, 9.17) is 9.47 Å². The first-order chi connectivity index (χ1) is 5.09. The number of esters is 1. The summed E-state index contributed by atoms with van der Waals surface area (Å²) in [6.45, 7) is 5.62. The Morgan fingerprint density at radius 3 is 2.64 bits per heavy atom. The smallest absolute Gasteiger partial charge is 0.335 e. The van der Waals surface area contributed by atoms with Gasteiger partial charge in [-0.15, -0.1) is 0 Å². The molecule has 0 N–H and O–H groups in total. The molecule has 0 unspecified atom stereocenters. The molecule has 0 aromatic rings. The summed E-state index contributed by atoms with van der Waals surface area (Å²) in [5.41, 5.74) is 0. The van der Waals surface area contributed by atoms with Crippen LogP contribution in [0.3, 0.4) is 0 Å². The van der Waals surface area contributed by atoms with Gasteiger partial charge < -0.3 is 9.47 Å². The van der Waals surface area contributed by atoms with Crippen LogP contribution in [0.1, 0.15) is 20.8 Å². The fourth-order valence-electron chi connectivity index (χ4n) is 0.902. The summed E-state index contributed by atoms with van der Waals surface area (Å²) in [5, 5.41) is 0. The largest absolute Gasteiger partial charge is 0.491 e. The summed E-state index contributed by atoms with van der Waals surface area (Å²) in [6, 6.07) is 0. The summed E-state index contributed by atoms with van der Waals surface area (Å²) < 4.78 is 10.1. The van der Waals surface area contributed by atoms with E-state index >= 15 is 0 Å². The van der Waals surface area contributed by atoms with Gasteiger partial charge in [0.2, 0.25) is 0 Å². The molecule has 3 heteroatoms. The third-order valence-electron chi connectivity index (χ3n) is 1.33. The van der Waals surface area contributed by atoms with Crippen LogP contribution in [0.15, 0.2) is 11.8 Å². The van der Waals surface area contributed by atoms with Crippen LogP contribution in [0.5, 0.6) is 0 Å². The van der Waals surface area contributed by atoms with Crippen molar-refractivity contribution >= 4 is 5.97 Å². The summed E-state index contributed by atoms with van der Waals surface area (Å²) in [6.07, 6.45) is 1.27. The van der Waals surface area contributed by atoms with Crippen molar-refractivity contribution in [3.8, 4) is 0 Å². The van der Waals surface area contributed by atoms with Gasteiger partial charge in [-0.3, -0.25) is 0 Å². The van der Waals surface area contributed by atoms with Crippen molar-refractivity contribution in [1.29, 1.82) is 0 Å². The third kappa shape index (κ3) is 1.97. The first kappa shape index (κ1) is 8.11. The van der Waals surface area contributed by atoms with Gasteiger partial charge in [-0.2, -0.15) is 0 Å². The molecule has 1 aliphatic heterocycles. The van der Waals surface area contributed by atoms with Crippen LogP contribution in [0.25, 0.3) is 0 Å². The molecule has 11 heavy (non-hydrogen) atoms. The lowest BCUT2D eigenvalue weighted by Gasteiger charge is -2.13. The Morgan fingerprint density at radius 1 is 1.64 bits per heavy atom. The number of hydrogen-bond acceptors (Lipinski definition) is 3.